The zero-order valence-corrected chi connectivity index (χ0v) is 25.8. The summed E-state index contributed by atoms with van der Waals surface area (Å²) >= 11 is 0. The molecule has 1 N–H and O–H groups in total. The molecule has 0 bridgehead atoms. The van der Waals surface area contributed by atoms with Gasteiger partial charge in [0.25, 0.3) is 0 Å². The average Bonchev–Trinajstić information content (AvgIpc) is 2.92. The van der Waals surface area contributed by atoms with Crippen molar-refractivity contribution in [3.8, 4) is 0 Å². The van der Waals surface area contributed by atoms with E-state index in [1.165, 1.54) is 128 Å². The molecule has 0 aliphatic carbocycles. The SMILES string of the molecule is C=CCOC(=O)C(CCCCCC/C=C/CCCCCCCCCCCCCCCCCCCC)CC(=O)O. The van der Waals surface area contributed by atoms with E-state index in [1.54, 1.807) is 0 Å². The van der Waals surface area contributed by atoms with Crippen molar-refractivity contribution < 1.29 is 19.4 Å². The molecule has 0 aliphatic rings. The van der Waals surface area contributed by atoms with Gasteiger partial charge in [0.15, 0.2) is 0 Å². The van der Waals surface area contributed by atoms with Gasteiger partial charge in [0, 0.05) is 0 Å². The molecule has 0 spiro atoms. The number of hydrogen-bond acceptors (Lipinski definition) is 3. The van der Waals surface area contributed by atoms with Crippen molar-refractivity contribution in [2.24, 2.45) is 5.92 Å². The topological polar surface area (TPSA) is 63.6 Å². The molecule has 0 saturated heterocycles. The third kappa shape index (κ3) is 29.2. The molecule has 0 radical (unpaired) electrons. The minimum Gasteiger partial charge on any atom is -0.481 e. The van der Waals surface area contributed by atoms with Gasteiger partial charge in [-0.25, -0.2) is 0 Å². The van der Waals surface area contributed by atoms with Crippen LogP contribution in [0.1, 0.15) is 174 Å². The normalized spacial score (nSPS) is 12.1. The van der Waals surface area contributed by atoms with Crippen LogP contribution in [0.3, 0.4) is 0 Å². The van der Waals surface area contributed by atoms with Gasteiger partial charge in [0.2, 0.25) is 0 Å². The second-order valence-electron chi connectivity index (χ2n) is 11.5. The first-order valence-corrected chi connectivity index (χ1v) is 16.8. The molecule has 0 rings (SSSR count). The van der Waals surface area contributed by atoms with Gasteiger partial charge in [0.05, 0.1) is 12.3 Å². The molecular formula is C35H64O4. The van der Waals surface area contributed by atoms with E-state index in [0.717, 1.165) is 32.1 Å². The van der Waals surface area contributed by atoms with Gasteiger partial charge >= 0.3 is 11.9 Å². The second-order valence-corrected chi connectivity index (χ2v) is 11.5. The molecule has 39 heavy (non-hydrogen) atoms. The standard InChI is InChI=1S/C35H64O4/c1-3-5-6-7-8-9-10-11-12-13-14-15-16-17-18-19-20-21-22-23-24-25-26-27-28-29-30-33(32-34(36)37)35(38)39-31-4-2/h4,23-24,33H,2-3,5-22,25-32H2,1H3,(H,36,37)/b24-23+. The van der Waals surface area contributed by atoms with Crippen LogP contribution < -0.4 is 0 Å². The lowest BCUT2D eigenvalue weighted by molar-refractivity contribution is -0.152. The molecule has 0 heterocycles. The molecule has 0 aliphatic heterocycles. The number of ether oxygens (including phenoxy) is 1. The Kier molecular flexibility index (Phi) is 29.7. The van der Waals surface area contributed by atoms with Crippen LogP contribution in [0.4, 0.5) is 0 Å². The quantitative estimate of drug-likeness (QED) is 0.0531. The summed E-state index contributed by atoms with van der Waals surface area (Å²) in [5, 5.41) is 9.02. The summed E-state index contributed by atoms with van der Waals surface area (Å²) in [7, 11) is 0. The Morgan fingerprint density at radius 3 is 1.41 bits per heavy atom. The van der Waals surface area contributed by atoms with E-state index in [9.17, 15) is 9.59 Å². The molecule has 0 fully saturated rings. The van der Waals surface area contributed by atoms with Crippen LogP contribution in [0.2, 0.25) is 0 Å². The fourth-order valence-corrected chi connectivity index (χ4v) is 5.18. The van der Waals surface area contributed by atoms with E-state index in [0.29, 0.717) is 6.42 Å². The highest BCUT2D eigenvalue weighted by atomic mass is 16.5. The number of hydrogen-bond donors (Lipinski definition) is 1. The van der Waals surface area contributed by atoms with Crippen LogP contribution in [0.15, 0.2) is 24.8 Å². The Balaban J connectivity index is 3.38. The maximum absolute atomic E-state index is 12.0. The summed E-state index contributed by atoms with van der Waals surface area (Å²) in [5.41, 5.74) is 0. The van der Waals surface area contributed by atoms with Crippen LogP contribution in [0.25, 0.3) is 0 Å². The van der Waals surface area contributed by atoms with Gasteiger partial charge in [-0.05, 0) is 32.1 Å². The molecule has 1 atom stereocenters. The number of allylic oxidation sites excluding steroid dienone is 2. The molecule has 0 amide bonds. The van der Waals surface area contributed by atoms with Crippen LogP contribution in [-0.2, 0) is 14.3 Å². The van der Waals surface area contributed by atoms with Crippen molar-refractivity contribution in [1.82, 2.24) is 0 Å². The second kappa shape index (κ2) is 31.0. The number of carboxylic acid groups (broad SMARTS) is 1. The molecule has 1 unspecified atom stereocenters. The van der Waals surface area contributed by atoms with Crippen molar-refractivity contribution in [3.63, 3.8) is 0 Å². The maximum Gasteiger partial charge on any atom is 0.309 e. The fourth-order valence-electron chi connectivity index (χ4n) is 5.18. The van der Waals surface area contributed by atoms with Crippen molar-refractivity contribution in [2.75, 3.05) is 6.61 Å². The summed E-state index contributed by atoms with van der Waals surface area (Å²) in [5.74, 6) is -1.91. The monoisotopic (exact) mass is 548 g/mol. The van der Waals surface area contributed by atoms with Gasteiger partial charge in [-0.1, -0.05) is 160 Å². The highest BCUT2D eigenvalue weighted by Gasteiger charge is 2.22. The summed E-state index contributed by atoms with van der Waals surface area (Å²) in [6, 6.07) is 0. The predicted octanol–water partition coefficient (Wildman–Crippen LogP) is 11.1. The number of esters is 1. The number of unbranched alkanes of at least 4 members (excludes halogenated alkanes) is 22. The molecule has 4 nitrogen and oxygen atoms in total. The molecule has 228 valence electrons. The largest absolute Gasteiger partial charge is 0.481 e. The first-order valence-electron chi connectivity index (χ1n) is 16.8. The van der Waals surface area contributed by atoms with E-state index in [-0.39, 0.29) is 13.0 Å². The first-order chi connectivity index (χ1) is 19.1. The molecule has 0 aromatic heterocycles. The van der Waals surface area contributed by atoms with Gasteiger partial charge < -0.3 is 9.84 Å². The first kappa shape index (κ1) is 37.4. The summed E-state index contributed by atoms with van der Waals surface area (Å²) in [6.45, 7) is 5.95. The maximum atomic E-state index is 12.0. The molecular weight excluding hydrogens is 484 g/mol. The number of rotatable bonds is 31. The van der Waals surface area contributed by atoms with Crippen LogP contribution in [-0.4, -0.2) is 23.7 Å². The molecule has 0 aromatic carbocycles. The van der Waals surface area contributed by atoms with Crippen molar-refractivity contribution >= 4 is 11.9 Å². The number of carbonyl (C=O) groups excluding carboxylic acids is 1. The number of aliphatic carboxylic acids is 1. The third-order valence-electron chi connectivity index (χ3n) is 7.66. The lowest BCUT2D eigenvalue weighted by Gasteiger charge is -2.13. The van der Waals surface area contributed by atoms with Gasteiger partial charge in [0.1, 0.15) is 6.61 Å². The molecule has 0 saturated carbocycles. The molecule has 0 aromatic rings. The Labute approximate surface area is 242 Å². The lowest BCUT2D eigenvalue weighted by Crippen LogP contribution is -2.21. The Bertz CT molecular complexity index is 583. The van der Waals surface area contributed by atoms with Crippen LogP contribution in [0.5, 0.6) is 0 Å². The molecule has 4 heteroatoms. The highest BCUT2D eigenvalue weighted by Crippen LogP contribution is 2.18. The average molecular weight is 549 g/mol. The van der Waals surface area contributed by atoms with Crippen molar-refractivity contribution in [3.05, 3.63) is 24.8 Å². The highest BCUT2D eigenvalue weighted by molar-refractivity contribution is 5.79. The van der Waals surface area contributed by atoms with E-state index in [2.05, 4.69) is 25.7 Å². The van der Waals surface area contributed by atoms with Gasteiger partial charge in [-0.2, -0.15) is 0 Å². The summed E-state index contributed by atoms with van der Waals surface area (Å²) in [6.07, 6.45) is 38.6. The van der Waals surface area contributed by atoms with Crippen molar-refractivity contribution in [1.29, 1.82) is 0 Å². The van der Waals surface area contributed by atoms with Crippen molar-refractivity contribution in [2.45, 2.75) is 174 Å². The zero-order valence-electron chi connectivity index (χ0n) is 25.8. The Morgan fingerprint density at radius 1 is 0.641 bits per heavy atom. The van der Waals surface area contributed by atoms with Crippen LogP contribution in [0, 0.1) is 5.92 Å². The van der Waals surface area contributed by atoms with E-state index < -0.39 is 17.9 Å². The Morgan fingerprint density at radius 2 is 1.03 bits per heavy atom. The van der Waals surface area contributed by atoms with E-state index in [4.69, 9.17) is 9.84 Å². The smallest absolute Gasteiger partial charge is 0.309 e. The summed E-state index contributed by atoms with van der Waals surface area (Å²) < 4.78 is 5.03. The Hall–Kier alpha value is -1.58. The van der Waals surface area contributed by atoms with E-state index >= 15 is 0 Å². The lowest BCUT2D eigenvalue weighted by atomic mass is 9.97. The number of carboxylic acids is 1. The summed E-state index contributed by atoms with van der Waals surface area (Å²) in [4.78, 5) is 23.0. The van der Waals surface area contributed by atoms with Crippen LogP contribution >= 0.6 is 0 Å². The number of carbonyl (C=O) groups is 2. The third-order valence-corrected chi connectivity index (χ3v) is 7.66. The zero-order chi connectivity index (χ0) is 28.7. The van der Waals surface area contributed by atoms with Gasteiger partial charge in [-0.3, -0.25) is 9.59 Å². The fraction of sp³-hybridized carbons (Fsp3) is 0.829. The minimum absolute atomic E-state index is 0.140. The predicted molar refractivity (Wildman–Crippen MR) is 167 cm³/mol. The van der Waals surface area contributed by atoms with E-state index in [1.807, 2.05) is 0 Å². The minimum atomic E-state index is -0.949. The van der Waals surface area contributed by atoms with Gasteiger partial charge in [-0.15, -0.1) is 0 Å².